The van der Waals surface area contributed by atoms with Gasteiger partial charge in [-0.25, -0.2) is 0 Å². The summed E-state index contributed by atoms with van der Waals surface area (Å²) in [7, 11) is 0. The van der Waals surface area contributed by atoms with Gasteiger partial charge in [0.2, 0.25) is 0 Å². The Morgan fingerprint density at radius 3 is 2.23 bits per heavy atom. The smallest absolute Gasteiger partial charge is 0.0445 e. The highest BCUT2D eigenvalue weighted by Gasteiger charge is 2.22. The molecule has 1 heterocycles. The molecule has 0 saturated carbocycles. The van der Waals surface area contributed by atoms with Gasteiger partial charge >= 0.3 is 0 Å². The molecule has 0 radical (unpaired) electrons. The summed E-state index contributed by atoms with van der Waals surface area (Å²) in [5, 5.41) is 6.82. The van der Waals surface area contributed by atoms with Crippen LogP contribution in [0.3, 0.4) is 0 Å². The number of piperidine rings is 1. The van der Waals surface area contributed by atoms with Crippen LogP contribution in [-0.2, 0) is 0 Å². The molecule has 0 spiro atoms. The van der Waals surface area contributed by atoms with E-state index in [1.54, 1.807) is 0 Å². The van der Waals surface area contributed by atoms with Crippen LogP contribution >= 0.6 is 0 Å². The molecular formula is C11H22N2. The van der Waals surface area contributed by atoms with Crippen molar-refractivity contribution in [3.63, 3.8) is 0 Å². The molecule has 2 unspecified atom stereocenters. The number of hydrogen-bond acceptors (Lipinski definition) is 2. The van der Waals surface area contributed by atoms with Crippen LogP contribution in [0, 0.1) is 5.92 Å². The lowest BCUT2D eigenvalue weighted by Gasteiger charge is -2.36. The first-order chi connectivity index (χ1) is 6.11. The van der Waals surface area contributed by atoms with E-state index in [0.29, 0.717) is 18.0 Å². The fourth-order valence-electron chi connectivity index (χ4n) is 1.85. The molecule has 0 N–H and O–H groups in total. The van der Waals surface area contributed by atoms with Gasteiger partial charge in [-0.2, -0.15) is 5.10 Å². The van der Waals surface area contributed by atoms with Gasteiger partial charge in [-0.1, -0.05) is 13.8 Å². The first kappa shape index (κ1) is 10.6. The molecule has 0 bridgehead atoms. The van der Waals surface area contributed by atoms with E-state index in [4.69, 9.17) is 0 Å². The summed E-state index contributed by atoms with van der Waals surface area (Å²) < 4.78 is 0. The van der Waals surface area contributed by atoms with Crippen molar-refractivity contribution in [2.45, 2.75) is 59.0 Å². The minimum Gasteiger partial charge on any atom is -0.292 e. The fourth-order valence-corrected chi connectivity index (χ4v) is 1.85. The quantitative estimate of drug-likeness (QED) is 0.600. The molecule has 0 aliphatic carbocycles. The van der Waals surface area contributed by atoms with Gasteiger partial charge in [-0.05, 0) is 39.0 Å². The molecule has 0 amide bonds. The first-order valence-corrected chi connectivity index (χ1v) is 5.43. The lowest BCUT2D eigenvalue weighted by molar-refractivity contribution is 0.109. The minimum absolute atomic E-state index is 0.557. The Morgan fingerprint density at radius 2 is 1.77 bits per heavy atom. The highest BCUT2D eigenvalue weighted by Crippen LogP contribution is 2.22. The van der Waals surface area contributed by atoms with Crippen molar-refractivity contribution >= 4 is 6.21 Å². The molecular weight excluding hydrogens is 160 g/mol. The number of nitrogens with zero attached hydrogens (tertiary/aromatic N) is 2. The van der Waals surface area contributed by atoms with Crippen molar-refractivity contribution in [3.8, 4) is 0 Å². The molecule has 1 rings (SSSR count). The lowest BCUT2D eigenvalue weighted by Crippen LogP contribution is -2.39. The van der Waals surface area contributed by atoms with E-state index in [-0.39, 0.29) is 0 Å². The standard InChI is InChI=1S/C11H22N2/c1-9(2)8-12-13-10(3)6-5-7-11(13)4/h8-11H,5-7H2,1-4H3/b12-8+. The SMILES string of the molecule is CC(C)/C=N/N1C(C)CCCC1C. The highest BCUT2D eigenvalue weighted by molar-refractivity contribution is 5.59. The maximum atomic E-state index is 4.55. The van der Waals surface area contributed by atoms with Gasteiger partial charge in [0.1, 0.15) is 0 Å². The second-order valence-corrected chi connectivity index (χ2v) is 4.52. The summed E-state index contributed by atoms with van der Waals surface area (Å²) in [6.45, 7) is 8.88. The van der Waals surface area contributed by atoms with Crippen molar-refractivity contribution in [3.05, 3.63) is 0 Å². The molecule has 2 nitrogen and oxygen atoms in total. The highest BCUT2D eigenvalue weighted by atomic mass is 15.5. The Bertz CT molecular complexity index is 165. The Kier molecular flexibility index (Phi) is 3.76. The summed E-state index contributed by atoms with van der Waals surface area (Å²) in [4.78, 5) is 0. The van der Waals surface area contributed by atoms with Crippen LogP contribution in [0.5, 0.6) is 0 Å². The molecule has 0 aromatic heterocycles. The van der Waals surface area contributed by atoms with Crippen LogP contribution in [0.2, 0.25) is 0 Å². The third-order valence-electron chi connectivity index (χ3n) is 2.65. The Balaban J connectivity index is 2.53. The molecule has 0 aromatic carbocycles. The fraction of sp³-hybridized carbons (Fsp3) is 0.909. The third kappa shape index (κ3) is 3.02. The molecule has 1 saturated heterocycles. The maximum Gasteiger partial charge on any atom is 0.0445 e. The zero-order valence-electron chi connectivity index (χ0n) is 9.33. The van der Waals surface area contributed by atoms with Crippen molar-refractivity contribution in [1.82, 2.24) is 5.01 Å². The monoisotopic (exact) mass is 182 g/mol. The predicted octanol–water partition coefficient (Wildman–Crippen LogP) is 2.89. The molecule has 1 fully saturated rings. The van der Waals surface area contributed by atoms with E-state index in [1.165, 1.54) is 19.3 Å². The normalized spacial score (nSPS) is 30.4. The van der Waals surface area contributed by atoms with Crippen molar-refractivity contribution in [2.75, 3.05) is 0 Å². The molecule has 0 aromatic rings. The minimum atomic E-state index is 0.557. The molecule has 2 atom stereocenters. The van der Waals surface area contributed by atoms with Gasteiger partial charge in [0.05, 0.1) is 0 Å². The van der Waals surface area contributed by atoms with Gasteiger partial charge in [0.15, 0.2) is 0 Å². The first-order valence-electron chi connectivity index (χ1n) is 5.43. The number of hydrogen-bond donors (Lipinski definition) is 0. The Labute approximate surface area is 82.0 Å². The van der Waals surface area contributed by atoms with E-state index in [1.807, 2.05) is 0 Å². The average molecular weight is 182 g/mol. The van der Waals surface area contributed by atoms with E-state index in [0.717, 1.165) is 0 Å². The second kappa shape index (κ2) is 4.64. The van der Waals surface area contributed by atoms with Crippen LogP contribution in [-0.4, -0.2) is 23.3 Å². The van der Waals surface area contributed by atoms with Crippen LogP contribution < -0.4 is 0 Å². The summed E-state index contributed by atoms with van der Waals surface area (Å²) in [5.74, 6) is 0.557. The van der Waals surface area contributed by atoms with Crippen molar-refractivity contribution in [2.24, 2.45) is 11.0 Å². The third-order valence-corrected chi connectivity index (χ3v) is 2.65. The van der Waals surface area contributed by atoms with Crippen LogP contribution in [0.15, 0.2) is 5.10 Å². The molecule has 76 valence electrons. The second-order valence-electron chi connectivity index (χ2n) is 4.52. The van der Waals surface area contributed by atoms with Gasteiger partial charge in [-0.3, -0.25) is 5.01 Å². The van der Waals surface area contributed by atoms with Gasteiger partial charge in [-0.15, -0.1) is 0 Å². The summed E-state index contributed by atoms with van der Waals surface area (Å²) in [6.07, 6.45) is 5.99. The summed E-state index contributed by atoms with van der Waals surface area (Å²) >= 11 is 0. The molecule has 1 aliphatic heterocycles. The zero-order chi connectivity index (χ0) is 9.84. The van der Waals surface area contributed by atoms with Crippen LogP contribution in [0.25, 0.3) is 0 Å². The largest absolute Gasteiger partial charge is 0.292 e. The predicted molar refractivity (Wildman–Crippen MR) is 57.9 cm³/mol. The van der Waals surface area contributed by atoms with E-state index < -0.39 is 0 Å². The van der Waals surface area contributed by atoms with E-state index >= 15 is 0 Å². The Hall–Kier alpha value is -0.530. The van der Waals surface area contributed by atoms with Gasteiger partial charge < -0.3 is 0 Å². The average Bonchev–Trinajstić information content (AvgIpc) is 2.03. The van der Waals surface area contributed by atoms with Crippen molar-refractivity contribution < 1.29 is 0 Å². The van der Waals surface area contributed by atoms with E-state index in [2.05, 4.69) is 44.0 Å². The molecule has 1 aliphatic rings. The van der Waals surface area contributed by atoms with Gasteiger partial charge in [0, 0.05) is 18.3 Å². The van der Waals surface area contributed by atoms with Crippen molar-refractivity contribution in [1.29, 1.82) is 0 Å². The maximum absolute atomic E-state index is 4.55. The van der Waals surface area contributed by atoms with Crippen LogP contribution in [0.1, 0.15) is 47.0 Å². The zero-order valence-corrected chi connectivity index (χ0v) is 9.33. The molecule has 2 heteroatoms. The summed E-state index contributed by atoms with van der Waals surface area (Å²) in [5.41, 5.74) is 0. The lowest BCUT2D eigenvalue weighted by atomic mass is 10.00. The summed E-state index contributed by atoms with van der Waals surface area (Å²) in [6, 6.07) is 1.25. The number of rotatable bonds is 2. The molecule has 13 heavy (non-hydrogen) atoms. The topological polar surface area (TPSA) is 15.6 Å². The number of hydrazone groups is 1. The Morgan fingerprint density at radius 1 is 1.23 bits per heavy atom. The van der Waals surface area contributed by atoms with Crippen LogP contribution in [0.4, 0.5) is 0 Å². The van der Waals surface area contributed by atoms with Gasteiger partial charge in [0.25, 0.3) is 0 Å². The van der Waals surface area contributed by atoms with E-state index in [9.17, 15) is 0 Å².